The topological polar surface area (TPSA) is 89.4 Å². The summed E-state index contributed by atoms with van der Waals surface area (Å²) in [6.45, 7) is 4.65. The van der Waals surface area contributed by atoms with E-state index in [1.165, 1.54) is 4.90 Å². The highest BCUT2D eigenvalue weighted by Gasteiger charge is 2.50. The highest BCUT2D eigenvalue weighted by molar-refractivity contribution is 6.30. The van der Waals surface area contributed by atoms with Gasteiger partial charge in [-0.1, -0.05) is 67.9 Å². The van der Waals surface area contributed by atoms with Crippen molar-refractivity contribution in [3.8, 4) is 0 Å². The minimum Gasteiger partial charge on any atom is -0.338 e. The summed E-state index contributed by atoms with van der Waals surface area (Å²) in [5.41, 5.74) is 1.80. The second kappa shape index (κ2) is 10.5. The maximum Gasteiger partial charge on any atom is 0.260 e. The van der Waals surface area contributed by atoms with Gasteiger partial charge in [-0.3, -0.25) is 24.9 Å². The van der Waals surface area contributed by atoms with E-state index in [0.29, 0.717) is 29.2 Å². The molecule has 1 unspecified atom stereocenters. The lowest BCUT2D eigenvalue weighted by atomic mass is 9.82. The Hall–Kier alpha value is -3.71. The molecule has 4 rings (SSSR count). The van der Waals surface area contributed by atoms with Crippen LogP contribution in [-0.4, -0.2) is 39.6 Å². The van der Waals surface area contributed by atoms with Gasteiger partial charge in [-0.15, -0.1) is 0 Å². The highest BCUT2D eigenvalue weighted by Crippen LogP contribution is 2.35. The summed E-state index contributed by atoms with van der Waals surface area (Å²) < 4.78 is 0. The predicted molar refractivity (Wildman–Crippen MR) is 140 cm³/mol. The maximum absolute atomic E-state index is 13.7. The van der Waals surface area contributed by atoms with Crippen molar-refractivity contribution in [2.45, 2.75) is 38.9 Å². The molecule has 2 amide bonds. The zero-order valence-corrected chi connectivity index (χ0v) is 21.4. The summed E-state index contributed by atoms with van der Waals surface area (Å²) in [4.78, 5) is 34.2. The van der Waals surface area contributed by atoms with E-state index in [-0.39, 0.29) is 30.2 Å². The van der Waals surface area contributed by atoms with E-state index in [1.54, 1.807) is 42.4 Å². The number of nitrogens with zero attached hydrogens (tertiary/aromatic N) is 3. The predicted octanol–water partition coefficient (Wildman–Crippen LogP) is 4.82. The zero-order chi connectivity index (χ0) is 25.9. The lowest BCUT2D eigenvalue weighted by Gasteiger charge is -2.29. The third-order valence-electron chi connectivity index (χ3n) is 6.26. The van der Waals surface area contributed by atoms with Crippen LogP contribution in [0.2, 0.25) is 5.02 Å². The Morgan fingerprint density at radius 3 is 2.50 bits per heavy atom. The molecule has 2 aromatic carbocycles. The molecule has 2 heterocycles. The van der Waals surface area contributed by atoms with Gasteiger partial charge in [0.25, 0.3) is 11.8 Å². The molecule has 1 fully saturated rings. The number of pyridine rings is 1. The summed E-state index contributed by atoms with van der Waals surface area (Å²) in [5.74, 6) is -0.0914. The Kier molecular flexibility index (Phi) is 7.40. The van der Waals surface area contributed by atoms with Crippen LogP contribution in [0.1, 0.15) is 47.4 Å². The summed E-state index contributed by atoms with van der Waals surface area (Å²) in [6, 6.07) is 20.2. The molecule has 0 radical (unpaired) electrons. The SMILES string of the molecule is CC(C)CC1(c2ccccc2)NC(=N)N(Cc2cc(C(=O)N(C)Cc3ccc(Cl)cc3)ccn2)C1=O. The van der Waals surface area contributed by atoms with Gasteiger partial charge in [0.15, 0.2) is 5.96 Å². The Labute approximate surface area is 216 Å². The number of carbonyl (C=O) groups excluding carboxylic acids is 2. The van der Waals surface area contributed by atoms with Gasteiger partial charge in [0.05, 0.1) is 12.2 Å². The summed E-state index contributed by atoms with van der Waals surface area (Å²) in [6.07, 6.45) is 2.12. The standard InChI is InChI=1S/C28H30ClN5O2/c1-19(2)16-28(22-7-5-4-6-8-22)26(36)34(27(30)32-28)18-24-15-21(13-14-31-24)25(35)33(3)17-20-9-11-23(29)12-10-20/h4-15,19H,16-18H2,1-3H3,(H2,30,32). The molecule has 7 nitrogen and oxygen atoms in total. The molecule has 8 heteroatoms. The molecule has 0 saturated carbocycles. The molecular weight excluding hydrogens is 474 g/mol. The van der Waals surface area contributed by atoms with Crippen molar-refractivity contribution in [2.24, 2.45) is 5.92 Å². The number of hydrogen-bond donors (Lipinski definition) is 2. The van der Waals surface area contributed by atoms with Gasteiger partial charge >= 0.3 is 0 Å². The van der Waals surface area contributed by atoms with Gasteiger partial charge < -0.3 is 10.2 Å². The number of nitrogens with one attached hydrogen (secondary N) is 2. The first-order valence-corrected chi connectivity index (χ1v) is 12.3. The minimum atomic E-state index is -1.00. The Balaban J connectivity index is 1.53. The first kappa shape index (κ1) is 25.4. The van der Waals surface area contributed by atoms with E-state index in [9.17, 15) is 9.59 Å². The van der Waals surface area contributed by atoms with Gasteiger partial charge in [-0.25, -0.2) is 0 Å². The molecule has 36 heavy (non-hydrogen) atoms. The number of halogens is 1. The van der Waals surface area contributed by atoms with Crippen molar-refractivity contribution in [2.75, 3.05) is 7.05 Å². The fourth-order valence-corrected chi connectivity index (χ4v) is 4.73. The number of carbonyl (C=O) groups is 2. The van der Waals surface area contributed by atoms with E-state index in [1.807, 2.05) is 42.5 Å². The minimum absolute atomic E-state index is 0.0305. The molecule has 1 aliphatic heterocycles. The number of rotatable bonds is 8. The molecular formula is C28H30ClN5O2. The van der Waals surface area contributed by atoms with Gasteiger partial charge in [0, 0.05) is 30.4 Å². The number of benzene rings is 2. The molecule has 1 aromatic heterocycles. The second-order valence-corrected chi connectivity index (χ2v) is 9.99. The van der Waals surface area contributed by atoms with E-state index >= 15 is 0 Å². The summed E-state index contributed by atoms with van der Waals surface area (Å²) >= 11 is 5.96. The van der Waals surface area contributed by atoms with E-state index in [0.717, 1.165) is 11.1 Å². The lowest BCUT2D eigenvalue weighted by molar-refractivity contribution is -0.132. The summed E-state index contributed by atoms with van der Waals surface area (Å²) in [5, 5.41) is 12.4. The van der Waals surface area contributed by atoms with Crippen LogP contribution in [0.4, 0.5) is 0 Å². The molecule has 0 bridgehead atoms. The third-order valence-corrected chi connectivity index (χ3v) is 6.51. The summed E-state index contributed by atoms with van der Waals surface area (Å²) in [7, 11) is 1.74. The van der Waals surface area contributed by atoms with Crippen LogP contribution >= 0.6 is 11.6 Å². The molecule has 1 atom stereocenters. The fourth-order valence-electron chi connectivity index (χ4n) is 4.61. The third kappa shape index (κ3) is 5.26. The molecule has 0 spiro atoms. The van der Waals surface area contributed by atoms with Crippen LogP contribution in [0.15, 0.2) is 72.9 Å². The van der Waals surface area contributed by atoms with Crippen LogP contribution in [0, 0.1) is 11.3 Å². The van der Waals surface area contributed by atoms with Crippen LogP contribution in [0.25, 0.3) is 0 Å². The monoisotopic (exact) mass is 503 g/mol. The molecule has 186 valence electrons. The average molecular weight is 504 g/mol. The molecule has 1 saturated heterocycles. The van der Waals surface area contributed by atoms with Crippen LogP contribution in [-0.2, 0) is 23.4 Å². The van der Waals surface area contributed by atoms with Crippen molar-refractivity contribution in [1.29, 1.82) is 5.41 Å². The quantitative estimate of drug-likeness (QED) is 0.461. The van der Waals surface area contributed by atoms with E-state index in [2.05, 4.69) is 24.1 Å². The second-order valence-electron chi connectivity index (χ2n) is 9.56. The van der Waals surface area contributed by atoms with Gasteiger partial charge in [-0.05, 0) is 47.7 Å². The first-order valence-electron chi connectivity index (χ1n) is 11.9. The highest BCUT2D eigenvalue weighted by atomic mass is 35.5. The van der Waals surface area contributed by atoms with E-state index in [4.69, 9.17) is 17.0 Å². The van der Waals surface area contributed by atoms with Crippen LogP contribution in [0.5, 0.6) is 0 Å². The Morgan fingerprint density at radius 2 is 1.83 bits per heavy atom. The van der Waals surface area contributed by atoms with Crippen molar-refractivity contribution in [3.05, 3.63) is 100 Å². The van der Waals surface area contributed by atoms with Crippen LogP contribution < -0.4 is 5.32 Å². The fraction of sp³-hybridized carbons (Fsp3) is 0.286. The van der Waals surface area contributed by atoms with Gasteiger partial charge in [-0.2, -0.15) is 0 Å². The van der Waals surface area contributed by atoms with Gasteiger partial charge in [0.1, 0.15) is 5.54 Å². The molecule has 2 N–H and O–H groups in total. The van der Waals surface area contributed by atoms with Crippen LogP contribution in [0.3, 0.4) is 0 Å². The van der Waals surface area contributed by atoms with E-state index < -0.39 is 5.54 Å². The van der Waals surface area contributed by atoms with Crippen molar-refractivity contribution >= 4 is 29.4 Å². The smallest absolute Gasteiger partial charge is 0.260 e. The molecule has 0 aliphatic carbocycles. The number of guanidine groups is 1. The molecule has 1 aliphatic rings. The van der Waals surface area contributed by atoms with Crippen molar-refractivity contribution in [3.63, 3.8) is 0 Å². The first-order chi connectivity index (χ1) is 17.2. The number of aromatic nitrogens is 1. The lowest BCUT2D eigenvalue weighted by Crippen LogP contribution is -2.45. The largest absolute Gasteiger partial charge is 0.338 e. The average Bonchev–Trinajstić information content (AvgIpc) is 3.10. The number of amides is 2. The normalized spacial score (nSPS) is 17.4. The number of hydrogen-bond acceptors (Lipinski definition) is 4. The Bertz CT molecular complexity index is 1260. The zero-order valence-electron chi connectivity index (χ0n) is 20.7. The van der Waals surface area contributed by atoms with Crippen molar-refractivity contribution in [1.82, 2.24) is 20.1 Å². The van der Waals surface area contributed by atoms with Gasteiger partial charge in [0.2, 0.25) is 0 Å². The maximum atomic E-state index is 13.7. The molecule has 3 aromatic rings. The Morgan fingerprint density at radius 1 is 1.14 bits per heavy atom. The van der Waals surface area contributed by atoms with Crippen molar-refractivity contribution < 1.29 is 9.59 Å².